The number of methoxy groups -OCH3 is 1. The second-order valence-corrected chi connectivity index (χ2v) is 6.58. The Hall–Kier alpha value is -1.07. The molecule has 5 heteroatoms. The number of likely N-dealkylation sites (N-methyl/N-ethyl adjacent to an activating group) is 1. The molecule has 1 N–H and O–H groups in total. The van der Waals surface area contributed by atoms with Crippen LogP contribution in [-0.2, 0) is 11.3 Å². The predicted molar refractivity (Wildman–Crippen MR) is 89.5 cm³/mol. The van der Waals surface area contributed by atoms with Crippen molar-refractivity contribution in [3.8, 4) is 5.75 Å². The van der Waals surface area contributed by atoms with Crippen LogP contribution < -0.4 is 10.1 Å². The maximum Gasteiger partial charge on any atom is 0.234 e. The van der Waals surface area contributed by atoms with Gasteiger partial charge in [-0.15, -0.1) is 0 Å². The van der Waals surface area contributed by atoms with Crippen LogP contribution in [0.4, 0.5) is 0 Å². The third-order valence-corrected chi connectivity index (χ3v) is 3.63. The van der Waals surface area contributed by atoms with E-state index in [1.165, 1.54) is 0 Å². The zero-order chi connectivity index (χ0) is 15.8. The van der Waals surface area contributed by atoms with Gasteiger partial charge in [0.1, 0.15) is 5.75 Å². The topological polar surface area (TPSA) is 41.6 Å². The summed E-state index contributed by atoms with van der Waals surface area (Å²) in [5, 5.41) is 2.95. The number of rotatable bonds is 8. The van der Waals surface area contributed by atoms with E-state index < -0.39 is 0 Å². The maximum absolute atomic E-state index is 11.9. The van der Waals surface area contributed by atoms with Gasteiger partial charge >= 0.3 is 0 Å². The van der Waals surface area contributed by atoms with E-state index in [0.717, 1.165) is 28.8 Å². The molecule has 0 saturated carbocycles. The molecular formula is C16H25BrN2O2. The van der Waals surface area contributed by atoms with Gasteiger partial charge < -0.3 is 10.1 Å². The van der Waals surface area contributed by atoms with Crippen molar-refractivity contribution in [1.82, 2.24) is 10.2 Å². The molecule has 0 aromatic heterocycles. The largest absolute Gasteiger partial charge is 0.496 e. The number of hydrogen-bond donors (Lipinski definition) is 1. The van der Waals surface area contributed by atoms with Gasteiger partial charge in [0.25, 0.3) is 0 Å². The maximum atomic E-state index is 11.9. The van der Waals surface area contributed by atoms with Crippen LogP contribution in [0.2, 0.25) is 0 Å². The molecule has 0 aliphatic carbocycles. The van der Waals surface area contributed by atoms with Crippen molar-refractivity contribution in [1.29, 1.82) is 0 Å². The first-order chi connectivity index (χ1) is 9.92. The Morgan fingerprint density at radius 3 is 2.76 bits per heavy atom. The molecular weight excluding hydrogens is 332 g/mol. The van der Waals surface area contributed by atoms with E-state index in [2.05, 4.69) is 35.1 Å². The molecule has 1 aromatic rings. The summed E-state index contributed by atoms with van der Waals surface area (Å²) in [6, 6.07) is 5.89. The predicted octanol–water partition coefficient (Wildman–Crippen LogP) is 3.05. The van der Waals surface area contributed by atoms with E-state index >= 15 is 0 Å². The van der Waals surface area contributed by atoms with Gasteiger partial charge in [0, 0.05) is 23.1 Å². The molecule has 0 heterocycles. The summed E-state index contributed by atoms with van der Waals surface area (Å²) >= 11 is 3.46. The number of nitrogens with one attached hydrogen (secondary N) is 1. The van der Waals surface area contributed by atoms with Crippen molar-refractivity contribution < 1.29 is 9.53 Å². The first kappa shape index (κ1) is 18.0. The van der Waals surface area contributed by atoms with Gasteiger partial charge in [-0.05, 0) is 37.6 Å². The van der Waals surface area contributed by atoms with E-state index in [0.29, 0.717) is 19.0 Å². The lowest BCUT2D eigenvalue weighted by Gasteiger charge is -2.18. The molecule has 4 nitrogen and oxygen atoms in total. The van der Waals surface area contributed by atoms with Gasteiger partial charge in [-0.2, -0.15) is 0 Å². The average Bonchev–Trinajstić information content (AvgIpc) is 2.38. The van der Waals surface area contributed by atoms with Gasteiger partial charge in [0.15, 0.2) is 0 Å². The fraction of sp³-hybridized carbons (Fsp3) is 0.562. The Kier molecular flexibility index (Phi) is 7.75. The lowest BCUT2D eigenvalue weighted by molar-refractivity contribution is -0.122. The van der Waals surface area contributed by atoms with Gasteiger partial charge in [-0.25, -0.2) is 0 Å². The summed E-state index contributed by atoms with van der Waals surface area (Å²) in [7, 11) is 3.59. The highest BCUT2D eigenvalue weighted by molar-refractivity contribution is 9.10. The number of benzene rings is 1. The zero-order valence-corrected chi connectivity index (χ0v) is 14.9. The standard InChI is InChI=1S/C16H25BrN2O2/c1-12(2)7-8-18-16(20)11-19(3)10-13-9-14(17)5-6-15(13)21-4/h5-6,9,12H,7-8,10-11H2,1-4H3,(H,18,20). The van der Waals surface area contributed by atoms with Crippen molar-refractivity contribution in [2.45, 2.75) is 26.8 Å². The number of carbonyl (C=O) groups is 1. The molecule has 0 saturated heterocycles. The summed E-state index contributed by atoms with van der Waals surface area (Å²) < 4.78 is 6.36. The first-order valence-corrected chi connectivity index (χ1v) is 7.99. The Balaban J connectivity index is 2.48. The SMILES string of the molecule is COc1ccc(Br)cc1CN(C)CC(=O)NCCC(C)C. The molecule has 0 fully saturated rings. The Morgan fingerprint density at radius 2 is 2.14 bits per heavy atom. The number of nitrogens with zero attached hydrogens (tertiary/aromatic N) is 1. The van der Waals surface area contributed by atoms with Crippen molar-refractivity contribution in [2.24, 2.45) is 5.92 Å². The van der Waals surface area contributed by atoms with E-state index in [1.54, 1.807) is 7.11 Å². The normalized spacial score (nSPS) is 11.0. The Morgan fingerprint density at radius 1 is 1.43 bits per heavy atom. The fourth-order valence-electron chi connectivity index (χ4n) is 2.02. The van der Waals surface area contributed by atoms with E-state index in [4.69, 9.17) is 4.74 Å². The minimum Gasteiger partial charge on any atom is -0.496 e. The van der Waals surface area contributed by atoms with Crippen LogP contribution in [0.1, 0.15) is 25.8 Å². The molecule has 0 atom stereocenters. The van der Waals surface area contributed by atoms with Crippen LogP contribution in [-0.4, -0.2) is 38.1 Å². The highest BCUT2D eigenvalue weighted by Gasteiger charge is 2.10. The average molecular weight is 357 g/mol. The van der Waals surface area contributed by atoms with E-state index in [1.807, 2.05) is 30.1 Å². The second-order valence-electron chi connectivity index (χ2n) is 5.66. The van der Waals surface area contributed by atoms with Gasteiger partial charge in [0.05, 0.1) is 13.7 Å². The van der Waals surface area contributed by atoms with Crippen molar-refractivity contribution >= 4 is 21.8 Å². The molecule has 1 amide bonds. The minimum absolute atomic E-state index is 0.0621. The minimum atomic E-state index is 0.0621. The highest BCUT2D eigenvalue weighted by Crippen LogP contribution is 2.23. The fourth-order valence-corrected chi connectivity index (χ4v) is 2.43. The quantitative estimate of drug-likeness (QED) is 0.778. The number of hydrogen-bond acceptors (Lipinski definition) is 3. The van der Waals surface area contributed by atoms with Crippen LogP contribution >= 0.6 is 15.9 Å². The molecule has 0 bridgehead atoms. The van der Waals surface area contributed by atoms with Crippen molar-refractivity contribution in [2.75, 3.05) is 27.2 Å². The third-order valence-electron chi connectivity index (χ3n) is 3.14. The zero-order valence-electron chi connectivity index (χ0n) is 13.3. The smallest absolute Gasteiger partial charge is 0.234 e. The molecule has 1 aromatic carbocycles. The first-order valence-electron chi connectivity index (χ1n) is 7.20. The summed E-state index contributed by atoms with van der Waals surface area (Å²) in [5.74, 6) is 1.51. The van der Waals surface area contributed by atoms with Crippen LogP contribution in [0, 0.1) is 5.92 Å². The molecule has 0 aliphatic heterocycles. The van der Waals surface area contributed by atoms with Crippen LogP contribution in [0.15, 0.2) is 22.7 Å². The lowest BCUT2D eigenvalue weighted by atomic mass is 10.1. The van der Waals surface area contributed by atoms with E-state index in [-0.39, 0.29) is 5.91 Å². The van der Waals surface area contributed by atoms with Gasteiger partial charge in [0.2, 0.25) is 5.91 Å². The molecule has 0 aliphatic rings. The summed E-state index contributed by atoms with van der Waals surface area (Å²) in [4.78, 5) is 13.8. The van der Waals surface area contributed by atoms with Crippen LogP contribution in [0.25, 0.3) is 0 Å². The van der Waals surface area contributed by atoms with Crippen molar-refractivity contribution in [3.63, 3.8) is 0 Å². The number of ether oxygens (including phenoxy) is 1. The summed E-state index contributed by atoms with van der Waals surface area (Å²) in [5.41, 5.74) is 1.06. The van der Waals surface area contributed by atoms with E-state index in [9.17, 15) is 4.79 Å². The number of halogens is 1. The molecule has 21 heavy (non-hydrogen) atoms. The molecule has 0 spiro atoms. The summed E-state index contributed by atoms with van der Waals surface area (Å²) in [6.45, 7) is 6.09. The van der Waals surface area contributed by atoms with Gasteiger partial charge in [-0.3, -0.25) is 9.69 Å². The molecule has 0 radical (unpaired) electrons. The lowest BCUT2D eigenvalue weighted by Crippen LogP contribution is -2.35. The second kappa shape index (κ2) is 9.05. The molecule has 1 rings (SSSR count). The number of amides is 1. The third kappa shape index (κ3) is 6.96. The number of carbonyl (C=O) groups excluding carboxylic acids is 1. The van der Waals surface area contributed by atoms with Crippen molar-refractivity contribution in [3.05, 3.63) is 28.2 Å². The molecule has 0 unspecified atom stereocenters. The Labute approximate surface area is 136 Å². The summed E-state index contributed by atoms with van der Waals surface area (Å²) in [6.07, 6.45) is 1.01. The highest BCUT2D eigenvalue weighted by atomic mass is 79.9. The molecule has 118 valence electrons. The monoisotopic (exact) mass is 356 g/mol. The Bertz CT molecular complexity index is 464. The van der Waals surface area contributed by atoms with Crippen LogP contribution in [0.5, 0.6) is 5.75 Å². The van der Waals surface area contributed by atoms with Crippen LogP contribution in [0.3, 0.4) is 0 Å². The van der Waals surface area contributed by atoms with Gasteiger partial charge in [-0.1, -0.05) is 29.8 Å².